The fourth-order valence-electron chi connectivity index (χ4n) is 2.39. The van der Waals surface area contributed by atoms with Crippen molar-refractivity contribution in [2.75, 3.05) is 20.1 Å². The first-order valence-corrected chi connectivity index (χ1v) is 8.65. The van der Waals surface area contributed by atoms with Gasteiger partial charge >= 0.3 is 5.69 Å². The molecule has 0 bridgehead atoms. The van der Waals surface area contributed by atoms with Crippen LogP contribution in [0.25, 0.3) is 5.65 Å². The Kier molecular flexibility index (Phi) is 6.75. The summed E-state index contributed by atoms with van der Waals surface area (Å²) in [5.41, 5.74) is 0.378. The van der Waals surface area contributed by atoms with Gasteiger partial charge in [0.05, 0.1) is 0 Å². The van der Waals surface area contributed by atoms with E-state index in [9.17, 15) is 18.8 Å². The van der Waals surface area contributed by atoms with Crippen LogP contribution in [-0.4, -0.2) is 61.2 Å². The average molecular weight is 403 g/mol. The minimum Gasteiger partial charge on any atom is -0.349 e. The van der Waals surface area contributed by atoms with Crippen LogP contribution in [0.2, 0.25) is 0 Å². The molecule has 10 nitrogen and oxygen atoms in total. The first-order chi connectivity index (χ1) is 13.7. The number of carbonyl (C=O) groups excluding carboxylic acids is 2. The van der Waals surface area contributed by atoms with E-state index < -0.39 is 17.4 Å². The van der Waals surface area contributed by atoms with Gasteiger partial charge < -0.3 is 10.2 Å². The molecule has 0 fully saturated rings. The molecule has 154 valence electrons. The highest BCUT2D eigenvalue weighted by molar-refractivity contribution is 5.98. The number of carbonyl (C=O) groups is 2. The lowest BCUT2D eigenvalue weighted by molar-refractivity contribution is -0.125. The summed E-state index contributed by atoms with van der Waals surface area (Å²) in [6.07, 6.45) is 3.48. The molecule has 2 aromatic rings. The van der Waals surface area contributed by atoms with E-state index in [1.54, 1.807) is 20.9 Å². The Bertz CT molecular complexity index is 1080. The van der Waals surface area contributed by atoms with E-state index in [1.807, 2.05) is 0 Å². The van der Waals surface area contributed by atoms with E-state index in [-0.39, 0.29) is 30.3 Å². The number of hydrogen-bond acceptors (Lipinski definition) is 6. The van der Waals surface area contributed by atoms with Crippen molar-refractivity contribution in [2.45, 2.75) is 13.8 Å². The van der Waals surface area contributed by atoms with E-state index in [4.69, 9.17) is 0 Å². The van der Waals surface area contributed by atoms with Gasteiger partial charge in [0, 0.05) is 32.8 Å². The summed E-state index contributed by atoms with van der Waals surface area (Å²) in [4.78, 5) is 42.0. The smallest absolute Gasteiger partial charge is 0.349 e. The molecule has 2 aromatic heterocycles. The van der Waals surface area contributed by atoms with Gasteiger partial charge in [-0.05, 0) is 31.6 Å². The van der Waals surface area contributed by atoms with Crippen LogP contribution in [0.5, 0.6) is 0 Å². The molecule has 2 amide bonds. The van der Waals surface area contributed by atoms with Crippen LogP contribution in [0.3, 0.4) is 0 Å². The normalized spacial score (nSPS) is 12.5. The standard InChI is InChI=1S/C18H22FN7O3/c1-6-13(19)9-11(2)12(3)17(28)24(4)8-7-20-16(27)14-15-22-23-25(5)18(29)26(15)10-21-14/h6,9-10H,1,7-8H2,2-5H3,(H,20,27)/b12-11+,13-9+. The minimum absolute atomic E-state index is 0.0406. The molecule has 1 N–H and O–H groups in total. The van der Waals surface area contributed by atoms with Crippen molar-refractivity contribution in [1.82, 2.24) is 34.6 Å². The van der Waals surface area contributed by atoms with Crippen molar-refractivity contribution in [2.24, 2.45) is 7.05 Å². The fourth-order valence-corrected chi connectivity index (χ4v) is 2.39. The Morgan fingerprint density at radius 3 is 2.72 bits per heavy atom. The van der Waals surface area contributed by atoms with E-state index in [1.165, 1.54) is 24.4 Å². The van der Waals surface area contributed by atoms with E-state index >= 15 is 0 Å². The van der Waals surface area contributed by atoms with Gasteiger partial charge in [-0.2, -0.15) is 4.68 Å². The highest BCUT2D eigenvalue weighted by atomic mass is 19.1. The summed E-state index contributed by atoms with van der Waals surface area (Å²) < 4.78 is 15.4. The predicted molar refractivity (Wildman–Crippen MR) is 104 cm³/mol. The number of halogens is 1. The molecule has 0 radical (unpaired) electrons. The van der Waals surface area contributed by atoms with Gasteiger partial charge in [0.2, 0.25) is 5.91 Å². The van der Waals surface area contributed by atoms with Gasteiger partial charge in [0.25, 0.3) is 5.91 Å². The number of amides is 2. The molecule has 29 heavy (non-hydrogen) atoms. The Morgan fingerprint density at radius 1 is 1.38 bits per heavy atom. The Balaban J connectivity index is 2.01. The SMILES string of the molecule is C=C/C(F)=C\C(C)=C(/C)C(=O)N(C)CCNC(=O)c1ncn2c(=O)n(C)nnc12. The molecular formula is C18H22FN7O3. The molecule has 0 saturated carbocycles. The van der Waals surface area contributed by atoms with Crippen LogP contribution in [0.4, 0.5) is 4.39 Å². The van der Waals surface area contributed by atoms with Crippen LogP contribution in [0, 0.1) is 0 Å². The number of nitrogens with zero attached hydrogens (tertiary/aromatic N) is 6. The average Bonchev–Trinajstić information content (AvgIpc) is 3.14. The predicted octanol–water partition coefficient (Wildman–Crippen LogP) is 0.387. The number of allylic oxidation sites excluding steroid dienone is 4. The molecule has 0 spiro atoms. The van der Waals surface area contributed by atoms with E-state index in [0.29, 0.717) is 11.1 Å². The Hall–Kier alpha value is -3.63. The van der Waals surface area contributed by atoms with E-state index in [0.717, 1.165) is 15.2 Å². The summed E-state index contributed by atoms with van der Waals surface area (Å²) in [6.45, 7) is 6.89. The molecule has 0 aliphatic heterocycles. The van der Waals surface area contributed by atoms with Gasteiger partial charge in [-0.1, -0.05) is 11.8 Å². The topological polar surface area (TPSA) is 114 Å². The lowest BCUT2D eigenvalue weighted by atomic mass is 10.1. The quantitative estimate of drug-likeness (QED) is 0.528. The lowest BCUT2D eigenvalue weighted by Gasteiger charge is -2.18. The number of rotatable bonds is 7. The number of fused-ring (bicyclic) bond motifs is 1. The summed E-state index contributed by atoms with van der Waals surface area (Å²) in [5.74, 6) is -1.38. The van der Waals surface area contributed by atoms with Crippen molar-refractivity contribution >= 4 is 17.5 Å². The number of nitrogens with one attached hydrogen (secondary N) is 1. The lowest BCUT2D eigenvalue weighted by Crippen LogP contribution is -2.37. The maximum Gasteiger partial charge on any atom is 0.352 e. The number of likely N-dealkylation sites (N-methyl/N-ethyl adjacent to an activating group) is 1. The zero-order valence-corrected chi connectivity index (χ0v) is 16.6. The van der Waals surface area contributed by atoms with Crippen LogP contribution in [0.15, 0.2) is 46.8 Å². The maximum absolute atomic E-state index is 13.3. The second-order valence-electron chi connectivity index (χ2n) is 6.31. The van der Waals surface area contributed by atoms with Crippen LogP contribution >= 0.6 is 0 Å². The summed E-state index contributed by atoms with van der Waals surface area (Å²) in [7, 11) is 3.00. The molecular weight excluding hydrogens is 381 g/mol. The van der Waals surface area contributed by atoms with Crippen molar-refractivity contribution in [3.63, 3.8) is 0 Å². The molecule has 2 heterocycles. The highest BCUT2D eigenvalue weighted by Gasteiger charge is 2.18. The summed E-state index contributed by atoms with van der Waals surface area (Å²) in [5, 5.41) is 10.1. The first kappa shape index (κ1) is 21.7. The van der Waals surface area contributed by atoms with Crippen molar-refractivity contribution in [1.29, 1.82) is 0 Å². The van der Waals surface area contributed by atoms with E-state index in [2.05, 4.69) is 27.2 Å². The number of imidazole rings is 1. The monoisotopic (exact) mass is 403 g/mol. The Labute approximate surface area is 166 Å². The second kappa shape index (κ2) is 9.04. The van der Waals surface area contributed by atoms with Crippen LogP contribution in [0.1, 0.15) is 24.3 Å². The maximum atomic E-state index is 13.3. The molecule has 2 rings (SSSR count). The van der Waals surface area contributed by atoms with Gasteiger partial charge in [-0.15, -0.1) is 5.10 Å². The number of aryl methyl sites for hydroxylation is 1. The van der Waals surface area contributed by atoms with Crippen LogP contribution < -0.4 is 11.0 Å². The van der Waals surface area contributed by atoms with Crippen LogP contribution in [-0.2, 0) is 11.8 Å². The van der Waals surface area contributed by atoms with Crippen molar-refractivity contribution in [3.05, 3.63) is 58.2 Å². The fraction of sp³-hybridized carbons (Fsp3) is 0.333. The van der Waals surface area contributed by atoms with Gasteiger partial charge in [-0.25, -0.2) is 18.6 Å². The zero-order valence-electron chi connectivity index (χ0n) is 16.6. The zero-order chi connectivity index (χ0) is 21.7. The Morgan fingerprint density at radius 2 is 2.07 bits per heavy atom. The molecule has 0 aliphatic carbocycles. The highest BCUT2D eigenvalue weighted by Crippen LogP contribution is 2.12. The third-order valence-electron chi connectivity index (χ3n) is 4.26. The second-order valence-corrected chi connectivity index (χ2v) is 6.31. The summed E-state index contributed by atoms with van der Waals surface area (Å²) >= 11 is 0. The number of hydrogen-bond donors (Lipinski definition) is 1. The van der Waals surface area contributed by atoms with Gasteiger partial charge in [-0.3, -0.25) is 9.59 Å². The molecule has 0 aromatic carbocycles. The van der Waals surface area contributed by atoms with Gasteiger partial charge in [0.1, 0.15) is 12.2 Å². The largest absolute Gasteiger partial charge is 0.352 e. The van der Waals surface area contributed by atoms with Crippen molar-refractivity contribution < 1.29 is 14.0 Å². The minimum atomic E-state index is -0.546. The third-order valence-corrected chi connectivity index (χ3v) is 4.26. The van der Waals surface area contributed by atoms with Crippen molar-refractivity contribution in [3.8, 4) is 0 Å². The van der Waals surface area contributed by atoms with Gasteiger partial charge in [0.15, 0.2) is 11.3 Å². The molecule has 0 unspecified atom stereocenters. The molecule has 11 heteroatoms. The summed E-state index contributed by atoms with van der Waals surface area (Å²) in [6, 6.07) is 0. The molecule has 0 aliphatic rings. The molecule has 0 saturated heterocycles. The number of aromatic nitrogens is 5. The third kappa shape index (κ3) is 4.81. The molecule has 0 atom stereocenters. The first-order valence-electron chi connectivity index (χ1n) is 8.65.